The van der Waals surface area contributed by atoms with Crippen LogP contribution in [0, 0.1) is 5.41 Å². The molecule has 1 nitrogen and oxygen atoms in total. The standard InChI is InChI=1S/C15H27N/c1-4-7-8-14(6-3)15(9-5-2)10-12-16-13-11-15/h6-8,16H,4-5,9-13H2,1-3H3/b8-7-,14-6+. The Morgan fingerprint density at radius 1 is 1.25 bits per heavy atom. The Labute approximate surface area is 101 Å². The maximum absolute atomic E-state index is 3.48. The van der Waals surface area contributed by atoms with E-state index in [2.05, 4.69) is 44.3 Å². The van der Waals surface area contributed by atoms with Crippen molar-refractivity contribution in [1.29, 1.82) is 0 Å². The summed E-state index contributed by atoms with van der Waals surface area (Å²) in [4.78, 5) is 0. The van der Waals surface area contributed by atoms with E-state index in [4.69, 9.17) is 0 Å². The fraction of sp³-hybridized carbons (Fsp3) is 0.733. The SMILES string of the molecule is C/C=C(\C=C/CC)C1(CCC)CCNCC1. The molecule has 0 aliphatic carbocycles. The minimum Gasteiger partial charge on any atom is -0.317 e. The second kappa shape index (κ2) is 6.90. The van der Waals surface area contributed by atoms with Gasteiger partial charge in [0.15, 0.2) is 0 Å². The largest absolute Gasteiger partial charge is 0.317 e. The smallest absolute Gasteiger partial charge is 0.00263 e. The lowest BCUT2D eigenvalue weighted by Gasteiger charge is -2.39. The summed E-state index contributed by atoms with van der Waals surface area (Å²) in [6.45, 7) is 9.06. The van der Waals surface area contributed by atoms with Gasteiger partial charge in [0.05, 0.1) is 0 Å². The topological polar surface area (TPSA) is 12.0 Å². The van der Waals surface area contributed by atoms with Crippen LogP contribution in [0.25, 0.3) is 0 Å². The molecule has 1 heteroatoms. The van der Waals surface area contributed by atoms with Crippen LogP contribution in [0.15, 0.2) is 23.8 Å². The average molecular weight is 221 g/mol. The fourth-order valence-electron chi connectivity index (χ4n) is 2.89. The molecule has 0 spiro atoms. The Kier molecular flexibility index (Phi) is 5.83. The average Bonchev–Trinajstić information content (AvgIpc) is 2.31. The lowest BCUT2D eigenvalue weighted by atomic mass is 9.69. The maximum atomic E-state index is 3.48. The van der Waals surface area contributed by atoms with Gasteiger partial charge in [-0.25, -0.2) is 0 Å². The molecule has 16 heavy (non-hydrogen) atoms. The van der Waals surface area contributed by atoms with Gasteiger partial charge in [-0.3, -0.25) is 0 Å². The molecule has 1 N–H and O–H groups in total. The highest BCUT2D eigenvalue weighted by Gasteiger charge is 2.33. The molecule has 1 aliphatic rings. The molecular formula is C15H27N. The Morgan fingerprint density at radius 3 is 2.44 bits per heavy atom. The minimum atomic E-state index is 0.459. The summed E-state index contributed by atoms with van der Waals surface area (Å²) in [6, 6.07) is 0. The van der Waals surface area contributed by atoms with E-state index >= 15 is 0 Å². The number of rotatable bonds is 5. The summed E-state index contributed by atoms with van der Waals surface area (Å²) in [5.41, 5.74) is 2.03. The summed E-state index contributed by atoms with van der Waals surface area (Å²) in [5.74, 6) is 0. The van der Waals surface area contributed by atoms with Gasteiger partial charge >= 0.3 is 0 Å². The molecule has 92 valence electrons. The van der Waals surface area contributed by atoms with Crippen molar-refractivity contribution in [3.8, 4) is 0 Å². The van der Waals surface area contributed by atoms with Crippen molar-refractivity contribution in [2.75, 3.05) is 13.1 Å². The van der Waals surface area contributed by atoms with Crippen LogP contribution in [-0.4, -0.2) is 13.1 Å². The predicted octanol–water partition coefficient (Wildman–Crippen LogP) is 4.07. The van der Waals surface area contributed by atoms with Crippen molar-refractivity contribution < 1.29 is 0 Å². The van der Waals surface area contributed by atoms with Gasteiger partial charge in [0.25, 0.3) is 0 Å². The highest BCUT2D eigenvalue weighted by molar-refractivity contribution is 5.27. The number of allylic oxidation sites excluding steroid dienone is 4. The second-order valence-electron chi connectivity index (χ2n) is 4.83. The van der Waals surface area contributed by atoms with Gasteiger partial charge in [-0.2, -0.15) is 0 Å². The zero-order valence-corrected chi connectivity index (χ0v) is 11.2. The van der Waals surface area contributed by atoms with Crippen LogP contribution in [-0.2, 0) is 0 Å². The fourth-order valence-corrected chi connectivity index (χ4v) is 2.89. The first-order valence-corrected chi connectivity index (χ1v) is 6.83. The molecule has 1 saturated heterocycles. The van der Waals surface area contributed by atoms with E-state index in [1.165, 1.54) is 38.8 Å². The van der Waals surface area contributed by atoms with Crippen LogP contribution in [0.2, 0.25) is 0 Å². The van der Waals surface area contributed by atoms with Gasteiger partial charge in [-0.15, -0.1) is 0 Å². The highest BCUT2D eigenvalue weighted by Crippen LogP contribution is 2.41. The minimum absolute atomic E-state index is 0.459. The van der Waals surface area contributed by atoms with Crippen molar-refractivity contribution in [3.05, 3.63) is 23.8 Å². The number of nitrogens with one attached hydrogen (secondary N) is 1. The third-order valence-electron chi connectivity index (χ3n) is 3.75. The van der Waals surface area contributed by atoms with E-state index in [9.17, 15) is 0 Å². The Morgan fingerprint density at radius 2 is 1.94 bits per heavy atom. The third-order valence-corrected chi connectivity index (χ3v) is 3.75. The normalized spacial score (nSPS) is 21.6. The first-order valence-electron chi connectivity index (χ1n) is 6.83. The van der Waals surface area contributed by atoms with Crippen LogP contribution in [0.5, 0.6) is 0 Å². The number of hydrogen-bond donors (Lipinski definition) is 1. The maximum Gasteiger partial charge on any atom is -0.00263 e. The van der Waals surface area contributed by atoms with E-state index in [1.54, 1.807) is 5.57 Å². The summed E-state index contributed by atoms with van der Waals surface area (Å²) in [5, 5.41) is 3.48. The molecule has 0 unspecified atom stereocenters. The van der Waals surface area contributed by atoms with E-state index in [0.29, 0.717) is 5.41 Å². The summed E-state index contributed by atoms with van der Waals surface area (Å²) in [6.07, 6.45) is 13.4. The molecule has 1 heterocycles. The summed E-state index contributed by atoms with van der Waals surface area (Å²) < 4.78 is 0. The van der Waals surface area contributed by atoms with Crippen molar-refractivity contribution in [2.45, 2.75) is 52.9 Å². The molecule has 0 bridgehead atoms. The molecule has 0 aromatic heterocycles. The zero-order valence-electron chi connectivity index (χ0n) is 11.2. The van der Waals surface area contributed by atoms with E-state index in [0.717, 1.165) is 6.42 Å². The van der Waals surface area contributed by atoms with Crippen LogP contribution in [0.3, 0.4) is 0 Å². The highest BCUT2D eigenvalue weighted by atomic mass is 14.9. The predicted molar refractivity (Wildman–Crippen MR) is 72.6 cm³/mol. The van der Waals surface area contributed by atoms with Crippen LogP contribution in [0.1, 0.15) is 52.9 Å². The van der Waals surface area contributed by atoms with Crippen LogP contribution in [0.4, 0.5) is 0 Å². The zero-order chi connectivity index (χ0) is 11.9. The summed E-state index contributed by atoms with van der Waals surface area (Å²) >= 11 is 0. The molecule has 0 atom stereocenters. The van der Waals surface area contributed by atoms with Gasteiger partial charge < -0.3 is 5.32 Å². The first-order chi connectivity index (χ1) is 7.79. The molecule has 1 rings (SSSR count). The van der Waals surface area contributed by atoms with Crippen molar-refractivity contribution in [1.82, 2.24) is 5.32 Å². The van der Waals surface area contributed by atoms with E-state index in [1.807, 2.05) is 0 Å². The van der Waals surface area contributed by atoms with Crippen molar-refractivity contribution in [3.63, 3.8) is 0 Å². The molecule has 0 saturated carbocycles. The molecule has 0 aromatic rings. The monoisotopic (exact) mass is 221 g/mol. The molecule has 0 amide bonds. The van der Waals surface area contributed by atoms with Crippen LogP contribution < -0.4 is 5.32 Å². The van der Waals surface area contributed by atoms with E-state index < -0.39 is 0 Å². The first kappa shape index (κ1) is 13.5. The Hall–Kier alpha value is -0.560. The van der Waals surface area contributed by atoms with Gasteiger partial charge in [-0.1, -0.05) is 38.5 Å². The molecule has 1 aliphatic heterocycles. The third kappa shape index (κ3) is 3.21. The van der Waals surface area contributed by atoms with E-state index in [-0.39, 0.29) is 0 Å². The molecular weight excluding hydrogens is 194 g/mol. The number of piperidine rings is 1. The lowest BCUT2D eigenvalue weighted by molar-refractivity contribution is 0.237. The second-order valence-corrected chi connectivity index (χ2v) is 4.83. The van der Waals surface area contributed by atoms with Gasteiger partial charge in [0.1, 0.15) is 0 Å². The van der Waals surface area contributed by atoms with Crippen LogP contribution >= 0.6 is 0 Å². The van der Waals surface area contributed by atoms with Gasteiger partial charge in [-0.05, 0) is 56.7 Å². The lowest BCUT2D eigenvalue weighted by Crippen LogP contribution is -2.37. The quantitative estimate of drug-likeness (QED) is 0.690. The Balaban J connectivity index is 2.84. The van der Waals surface area contributed by atoms with Crippen molar-refractivity contribution >= 4 is 0 Å². The van der Waals surface area contributed by atoms with Crippen molar-refractivity contribution in [2.24, 2.45) is 5.41 Å². The number of hydrogen-bond acceptors (Lipinski definition) is 1. The molecule has 0 aromatic carbocycles. The molecule has 1 fully saturated rings. The summed E-state index contributed by atoms with van der Waals surface area (Å²) in [7, 11) is 0. The van der Waals surface area contributed by atoms with Gasteiger partial charge in [0.2, 0.25) is 0 Å². The molecule has 0 radical (unpaired) electrons. The van der Waals surface area contributed by atoms with Gasteiger partial charge in [0, 0.05) is 0 Å². The Bertz CT molecular complexity index is 239.